The van der Waals surface area contributed by atoms with E-state index in [-0.39, 0.29) is 5.02 Å². The Kier molecular flexibility index (Phi) is 3.06. The summed E-state index contributed by atoms with van der Waals surface area (Å²) in [7, 11) is 0. The molecule has 0 amide bonds. The summed E-state index contributed by atoms with van der Waals surface area (Å²) in [5.41, 5.74) is 0.843. The van der Waals surface area contributed by atoms with Gasteiger partial charge < -0.3 is 9.57 Å². The van der Waals surface area contributed by atoms with Gasteiger partial charge in [-0.2, -0.15) is 0 Å². The lowest BCUT2D eigenvalue weighted by Gasteiger charge is -2.05. The van der Waals surface area contributed by atoms with Gasteiger partial charge in [-0.1, -0.05) is 16.8 Å². The zero-order valence-corrected chi connectivity index (χ0v) is 8.63. The summed E-state index contributed by atoms with van der Waals surface area (Å²) in [5.74, 6) is 0.0709. The predicted molar refractivity (Wildman–Crippen MR) is 54.9 cm³/mol. The molecule has 5 heteroatoms. The number of rotatable bonds is 3. The fraction of sp³-hybridized carbons (Fsp3) is 0.300. The molecule has 0 aromatic heterocycles. The molecule has 1 aromatic carbocycles. The summed E-state index contributed by atoms with van der Waals surface area (Å²) in [6.45, 7) is 0.949. The lowest BCUT2D eigenvalue weighted by Crippen LogP contribution is -2.09. The summed E-state index contributed by atoms with van der Waals surface area (Å²) in [4.78, 5) is 4.81. The molecule has 0 unspecified atom stereocenters. The fourth-order valence-electron chi connectivity index (χ4n) is 1.18. The van der Waals surface area contributed by atoms with Gasteiger partial charge in [-0.3, -0.25) is 0 Å². The maximum Gasteiger partial charge on any atom is 0.142 e. The van der Waals surface area contributed by atoms with E-state index in [2.05, 4.69) is 5.16 Å². The Bertz CT molecular complexity index is 395. The first-order valence-electron chi connectivity index (χ1n) is 4.51. The molecule has 0 saturated carbocycles. The van der Waals surface area contributed by atoms with Crippen molar-refractivity contribution >= 4 is 17.3 Å². The third-order valence-electron chi connectivity index (χ3n) is 1.97. The van der Waals surface area contributed by atoms with Crippen LogP contribution in [0.5, 0.6) is 5.75 Å². The molecule has 1 aliphatic rings. The van der Waals surface area contributed by atoms with Gasteiger partial charge in [0.05, 0.1) is 10.7 Å². The number of nitrogens with zero attached hydrogens (tertiary/aromatic N) is 1. The first-order valence-corrected chi connectivity index (χ1v) is 4.89. The van der Waals surface area contributed by atoms with Gasteiger partial charge in [0.2, 0.25) is 0 Å². The highest BCUT2D eigenvalue weighted by Crippen LogP contribution is 2.21. The highest BCUT2D eigenvalue weighted by Gasteiger charge is 2.09. The summed E-state index contributed by atoms with van der Waals surface area (Å²) >= 11 is 5.60. The van der Waals surface area contributed by atoms with E-state index in [4.69, 9.17) is 21.2 Å². The molecule has 0 fully saturated rings. The Hall–Kier alpha value is -1.29. The second-order valence-electron chi connectivity index (χ2n) is 3.11. The van der Waals surface area contributed by atoms with Gasteiger partial charge in [0.15, 0.2) is 0 Å². The van der Waals surface area contributed by atoms with Crippen molar-refractivity contribution in [3.63, 3.8) is 0 Å². The summed E-state index contributed by atoms with van der Waals surface area (Å²) in [6.07, 6.45) is 0.773. The molecule has 15 heavy (non-hydrogen) atoms. The van der Waals surface area contributed by atoms with Gasteiger partial charge in [0.25, 0.3) is 0 Å². The number of hydrogen-bond acceptors (Lipinski definition) is 3. The van der Waals surface area contributed by atoms with Gasteiger partial charge in [0, 0.05) is 12.5 Å². The molecule has 1 aromatic rings. The monoisotopic (exact) mass is 229 g/mol. The summed E-state index contributed by atoms with van der Waals surface area (Å²) in [6, 6.07) is 4.23. The molecule has 80 valence electrons. The highest BCUT2D eigenvalue weighted by atomic mass is 35.5. The second kappa shape index (κ2) is 4.49. The van der Waals surface area contributed by atoms with E-state index in [0.29, 0.717) is 19.0 Å². The van der Waals surface area contributed by atoms with Crippen LogP contribution in [-0.2, 0) is 4.84 Å². The minimum atomic E-state index is -0.453. The van der Waals surface area contributed by atoms with Gasteiger partial charge in [-0.15, -0.1) is 0 Å². The van der Waals surface area contributed by atoms with Crippen LogP contribution in [0, 0.1) is 5.82 Å². The molecular weight excluding hydrogens is 221 g/mol. The van der Waals surface area contributed by atoms with Crippen LogP contribution in [0.25, 0.3) is 0 Å². The van der Waals surface area contributed by atoms with Gasteiger partial charge >= 0.3 is 0 Å². The predicted octanol–water partition coefficient (Wildman–Crippen LogP) is 2.63. The van der Waals surface area contributed by atoms with E-state index < -0.39 is 5.82 Å². The van der Waals surface area contributed by atoms with Crippen molar-refractivity contribution in [2.45, 2.75) is 6.42 Å². The molecule has 0 aliphatic carbocycles. The van der Waals surface area contributed by atoms with Crippen molar-refractivity contribution in [2.24, 2.45) is 5.16 Å². The topological polar surface area (TPSA) is 30.8 Å². The molecule has 0 saturated heterocycles. The van der Waals surface area contributed by atoms with Crippen molar-refractivity contribution in [2.75, 3.05) is 13.2 Å². The van der Waals surface area contributed by atoms with Crippen LogP contribution in [0.1, 0.15) is 6.42 Å². The molecule has 3 nitrogen and oxygen atoms in total. The standard InChI is InChI=1S/C10H9ClFNO2/c11-9-5-8(1-2-10(9)12)14-6-7-3-4-15-13-7/h1-2,5H,3-4,6H2. The van der Waals surface area contributed by atoms with Crippen molar-refractivity contribution in [1.82, 2.24) is 0 Å². The van der Waals surface area contributed by atoms with Crippen molar-refractivity contribution < 1.29 is 14.0 Å². The van der Waals surface area contributed by atoms with E-state index >= 15 is 0 Å². The summed E-state index contributed by atoms with van der Waals surface area (Å²) in [5, 5.41) is 3.83. The number of hydrogen-bond donors (Lipinski definition) is 0. The quantitative estimate of drug-likeness (QED) is 0.798. The van der Waals surface area contributed by atoms with Gasteiger partial charge in [-0.05, 0) is 12.1 Å². The average molecular weight is 230 g/mol. The first-order chi connectivity index (χ1) is 7.25. The van der Waals surface area contributed by atoms with E-state index in [1.54, 1.807) is 0 Å². The van der Waals surface area contributed by atoms with Crippen LogP contribution in [-0.4, -0.2) is 18.9 Å². The Balaban J connectivity index is 1.96. The lowest BCUT2D eigenvalue weighted by atomic mass is 10.3. The molecule has 0 bridgehead atoms. The summed E-state index contributed by atoms with van der Waals surface area (Å²) < 4.78 is 18.2. The van der Waals surface area contributed by atoms with Crippen LogP contribution in [0.15, 0.2) is 23.4 Å². The minimum absolute atomic E-state index is 0.0529. The molecule has 0 atom stereocenters. The zero-order valence-electron chi connectivity index (χ0n) is 7.87. The Morgan fingerprint density at radius 2 is 2.40 bits per heavy atom. The second-order valence-corrected chi connectivity index (χ2v) is 3.51. The van der Waals surface area contributed by atoms with Crippen LogP contribution < -0.4 is 4.74 Å². The van der Waals surface area contributed by atoms with Gasteiger partial charge in [0.1, 0.15) is 24.8 Å². The molecule has 2 rings (SSSR count). The van der Waals surface area contributed by atoms with Crippen LogP contribution >= 0.6 is 11.6 Å². The molecule has 0 spiro atoms. The highest BCUT2D eigenvalue weighted by molar-refractivity contribution is 6.30. The van der Waals surface area contributed by atoms with Crippen LogP contribution in [0.2, 0.25) is 5.02 Å². The number of halogens is 2. The number of oxime groups is 1. The fourth-order valence-corrected chi connectivity index (χ4v) is 1.35. The molecular formula is C10H9ClFNO2. The Morgan fingerprint density at radius 3 is 3.07 bits per heavy atom. The van der Waals surface area contributed by atoms with Crippen molar-refractivity contribution in [3.05, 3.63) is 29.0 Å². The van der Waals surface area contributed by atoms with E-state index in [0.717, 1.165) is 12.1 Å². The molecule has 0 radical (unpaired) electrons. The Labute approximate surface area is 91.4 Å². The van der Waals surface area contributed by atoms with Crippen LogP contribution in [0.3, 0.4) is 0 Å². The minimum Gasteiger partial charge on any atom is -0.487 e. The number of benzene rings is 1. The average Bonchev–Trinajstić information content (AvgIpc) is 2.73. The first kappa shape index (κ1) is 10.2. The zero-order chi connectivity index (χ0) is 10.7. The third kappa shape index (κ3) is 2.59. The lowest BCUT2D eigenvalue weighted by molar-refractivity contribution is 0.173. The van der Waals surface area contributed by atoms with E-state index in [1.165, 1.54) is 18.2 Å². The van der Waals surface area contributed by atoms with E-state index in [9.17, 15) is 4.39 Å². The molecule has 0 N–H and O–H groups in total. The van der Waals surface area contributed by atoms with Crippen molar-refractivity contribution in [1.29, 1.82) is 0 Å². The third-order valence-corrected chi connectivity index (χ3v) is 2.26. The molecule has 1 heterocycles. The van der Waals surface area contributed by atoms with E-state index in [1.807, 2.05) is 0 Å². The maximum atomic E-state index is 12.8. The normalized spacial score (nSPS) is 14.7. The van der Waals surface area contributed by atoms with Gasteiger partial charge in [-0.25, -0.2) is 4.39 Å². The smallest absolute Gasteiger partial charge is 0.142 e. The molecule has 1 aliphatic heterocycles. The van der Waals surface area contributed by atoms with Crippen molar-refractivity contribution in [3.8, 4) is 5.75 Å². The maximum absolute atomic E-state index is 12.8. The number of ether oxygens (including phenoxy) is 1. The van der Waals surface area contributed by atoms with Crippen LogP contribution in [0.4, 0.5) is 4.39 Å². The Morgan fingerprint density at radius 1 is 1.53 bits per heavy atom. The largest absolute Gasteiger partial charge is 0.487 e. The SMILES string of the molecule is Fc1ccc(OCC2=NOCC2)cc1Cl.